The first-order chi connectivity index (χ1) is 26.7. The fourth-order valence-corrected chi connectivity index (χ4v) is 7.55. The Balaban J connectivity index is 0.724. The Morgan fingerprint density at radius 2 is 1.78 bits per heavy atom. The topological polar surface area (TPSA) is 172 Å². The Bertz CT molecular complexity index is 2090. The quantitative estimate of drug-likeness (QED) is 0.135. The highest BCUT2D eigenvalue weighted by molar-refractivity contribution is 6.06. The third-order valence-electron chi connectivity index (χ3n) is 10.9. The van der Waals surface area contributed by atoms with Gasteiger partial charge in [0.05, 0.1) is 37.5 Å². The van der Waals surface area contributed by atoms with E-state index < -0.39 is 11.9 Å². The summed E-state index contributed by atoms with van der Waals surface area (Å²) in [5.41, 5.74) is 4.81. The zero-order valence-electron chi connectivity index (χ0n) is 31.1. The number of hydrogen-bond acceptors (Lipinski definition) is 11. The fourth-order valence-electron chi connectivity index (χ4n) is 7.55. The number of ether oxygens (including phenoxy) is 3. The van der Waals surface area contributed by atoms with Gasteiger partial charge in [0.25, 0.3) is 5.91 Å². The van der Waals surface area contributed by atoms with E-state index in [9.17, 15) is 19.2 Å². The summed E-state index contributed by atoms with van der Waals surface area (Å²) in [5.74, 6) is 0.822. The molecular formula is C40H46N8O7. The van der Waals surface area contributed by atoms with E-state index in [0.717, 1.165) is 64.2 Å². The lowest BCUT2D eigenvalue weighted by molar-refractivity contribution is -0.137. The Morgan fingerprint density at radius 3 is 2.58 bits per heavy atom. The predicted octanol–water partition coefficient (Wildman–Crippen LogP) is 3.42. The van der Waals surface area contributed by atoms with Crippen molar-refractivity contribution in [3.05, 3.63) is 65.5 Å². The maximum Gasteiger partial charge on any atom is 0.255 e. The standard InChI is InChI=1S/C40H46N8O7/c1-40(12-13-40)55-28-7-8-30-29(22-28)37(45-44-30)31-23-33(42-25-41-31)46-14-16-47(17-15-46)35(50)11-19-54-21-20-53-18-3-6-26-4-2-5-27-24-48(39(52)36(26)27)32-9-10-34(49)43-38(32)51/h2,4-5,7-8,22-23,25,32H,3,6,9-21,24H2,1H3,(H,44,45)(H,43,49,51). The molecule has 4 aromatic rings. The molecule has 8 rings (SSSR count). The van der Waals surface area contributed by atoms with E-state index in [1.165, 1.54) is 0 Å². The van der Waals surface area contributed by atoms with Crippen LogP contribution in [-0.4, -0.2) is 118 Å². The van der Waals surface area contributed by atoms with Gasteiger partial charge in [-0.05, 0) is 68.4 Å². The summed E-state index contributed by atoms with van der Waals surface area (Å²) in [7, 11) is 0. The number of piperidine rings is 1. The highest BCUT2D eigenvalue weighted by Crippen LogP contribution is 2.40. The largest absolute Gasteiger partial charge is 0.488 e. The predicted molar refractivity (Wildman–Crippen MR) is 201 cm³/mol. The van der Waals surface area contributed by atoms with E-state index >= 15 is 0 Å². The first-order valence-corrected chi connectivity index (χ1v) is 19.2. The number of piperazine rings is 1. The summed E-state index contributed by atoms with van der Waals surface area (Å²) in [6.07, 6.45) is 5.95. The van der Waals surface area contributed by atoms with Gasteiger partial charge >= 0.3 is 0 Å². The van der Waals surface area contributed by atoms with E-state index in [2.05, 4.69) is 37.3 Å². The van der Waals surface area contributed by atoms with Crippen molar-refractivity contribution in [1.29, 1.82) is 0 Å². The second kappa shape index (κ2) is 15.7. The van der Waals surface area contributed by atoms with Gasteiger partial charge < -0.3 is 28.9 Å². The molecule has 288 valence electrons. The average molecular weight is 751 g/mol. The lowest BCUT2D eigenvalue weighted by Crippen LogP contribution is -2.52. The molecule has 3 fully saturated rings. The van der Waals surface area contributed by atoms with Gasteiger partial charge in [-0.3, -0.25) is 29.6 Å². The van der Waals surface area contributed by atoms with Crippen molar-refractivity contribution >= 4 is 40.3 Å². The van der Waals surface area contributed by atoms with E-state index in [4.69, 9.17) is 14.2 Å². The van der Waals surface area contributed by atoms with Crippen LogP contribution in [-0.2, 0) is 36.8 Å². The van der Waals surface area contributed by atoms with E-state index in [0.29, 0.717) is 84.0 Å². The van der Waals surface area contributed by atoms with Crippen molar-refractivity contribution in [3.63, 3.8) is 0 Å². The van der Waals surface area contributed by atoms with Crippen LogP contribution in [0, 0.1) is 0 Å². The summed E-state index contributed by atoms with van der Waals surface area (Å²) in [5, 5.41) is 11.0. The van der Waals surface area contributed by atoms with Gasteiger partial charge in [-0.25, -0.2) is 9.97 Å². The number of carbonyl (C=O) groups is 4. The number of imide groups is 1. The summed E-state index contributed by atoms with van der Waals surface area (Å²) < 4.78 is 17.7. The molecule has 4 amide bonds. The summed E-state index contributed by atoms with van der Waals surface area (Å²) in [4.78, 5) is 64.9. The number of benzene rings is 2. The van der Waals surface area contributed by atoms with Crippen LogP contribution in [0.2, 0.25) is 0 Å². The number of hydrogen-bond donors (Lipinski definition) is 2. The van der Waals surface area contributed by atoms with Crippen molar-refractivity contribution in [2.45, 2.75) is 70.1 Å². The first-order valence-electron chi connectivity index (χ1n) is 19.2. The van der Waals surface area contributed by atoms with E-state index in [1.807, 2.05) is 47.4 Å². The fraction of sp³-hybridized carbons (Fsp3) is 0.475. The Labute approximate surface area is 318 Å². The van der Waals surface area contributed by atoms with Crippen LogP contribution in [0.5, 0.6) is 5.75 Å². The lowest BCUT2D eigenvalue weighted by atomic mass is 9.99. The molecule has 0 radical (unpaired) electrons. The SMILES string of the molecule is CC1(Oc2ccc3[nH]nc(-c4cc(N5CCN(C(=O)CCOCCOCCCc6cccc7c6C(=O)N(C6CCC(=O)NC6=O)C7)CC5)ncn4)c3c2)CC1. The third-order valence-corrected chi connectivity index (χ3v) is 10.9. The molecule has 15 nitrogen and oxygen atoms in total. The molecule has 2 aromatic heterocycles. The van der Waals surface area contributed by atoms with Crippen molar-refractivity contribution in [3.8, 4) is 17.1 Å². The number of amides is 4. The molecule has 4 aliphatic rings. The van der Waals surface area contributed by atoms with Gasteiger partial charge in [0.15, 0.2) is 0 Å². The highest BCUT2D eigenvalue weighted by atomic mass is 16.5. The number of nitrogens with zero attached hydrogens (tertiary/aromatic N) is 6. The normalized spacial score (nSPS) is 19.2. The van der Waals surface area contributed by atoms with Gasteiger partial charge in [0, 0.05) is 62.8 Å². The van der Waals surface area contributed by atoms with E-state index in [-0.39, 0.29) is 29.7 Å². The molecule has 15 heteroatoms. The zero-order chi connectivity index (χ0) is 37.9. The molecule has 1 aliphatic carbocycles. The van der Waals surface area contributed by atoms with Crippen molar-refractivity contribution in [2.24, 2.45) is 0 Å². The molecule has 2 aromatic carbocycles. The number of aryl methyl sites for hydroxylation is 1. The minimum atomic E-state index is -0.625. The summed E-state index contributed by atoms with van der Waals surface area (Å²) >= 11 is 0. The molecule has 5 heterocycles. The molecule has 1 saturated carbocycles. The van der Waals surface area contributed by atoms with Crippen LogP contribution < -0.4 is 15.0 Å². The minimum absolute atomic E-state index is 0.0612. The van der Waals surface area contributed by atoms with Crippen LogP contribution >= 0.6 is 0 Å². The molecule has 3 aliphatic heterocycles. The monoisotopic (exact) mass is 750 g/mol. The smallest absolute Gasteiger partial charge is 0.255 e. The van der Waals surface area contributed by atoms with Gasteiger partial charge in [0.1, 0.15) is 35.2 Å². The van der Waals surface area contributed by atoms with Gasteiger partial charge in [0.2, 0.25) is 17.7 Å². The molecule has 2 saturated heterocycles. The van der Waals surface area contributed by atoms with Crippen LogP contribution in [0.4, 0.5) is 5.82 Å². The summed E-state index contributed by atoms with van der Waals surface area (Å²) in [6, 6.07) is 13.1. The molecule has 0 bridgehead atoms. The Morgan fingerprint density at radius 1 is 0.964 bits per heavy atom. The third kappa shape index (κ3) is 8.17. The summed E-state index contributed by atoms with van der Waals surface area (Å²) in [6.45, 7) is 6.62. The van der Waals surface area contributed by atoms with Gasteiger partial charge in [-0.15, -0.1) is 0 Å². The number of aromatic amines is 1. The lowest BCUT2D eigenvalue weighted by Gasteiger charge is -2.35. The number of nitrogens with one attached hydrogen (secondary N) is 2. The second-order valence-corrected chi connectivity index (χ2v) is 14.9. The van der Waals surface area contributed by atoms with Crippen LogP contribution in [0.1, 0.15) is 66.9 Å². The maximum absolute atomic E-state index is 13.3. The number of fused-ring (bicyclic) bond motifs is 2. The number of carbonyl (C=O) groups excluding carboxylic acids is 4. The maximum atomic E-state index is 13.3. The number of aromatic nitrogens is 4. The average Bonchev–Trinajstić information content (AvgIpc) is 3.60. The number of H-pyrrole nitrogens is 1. The van der Waals surface area contributed by atoms with E-state index in [1.54, 1.807) is 11.2 Å². The van der Waals surface area contributed by atoms with Crippen molar-refractivity contribution in [2.75, 3.05) is 57.5 Å². The van der Waals surface area contributed by atoms with Crippen LogP contribution in [0.3, 0.4) is 0 Å². The van der Waals surface area contributed by atoms with Crippen LogP contribution in [0.15, 0.2) is 48.8 Å². The van der Waals surface area contributed by atoms with Gasteiger partial charge in [-0.2, -0.15) is 5.10 Å². The van der Waals surface area contributed by atoms with Gasteiger partial charge in [-0.1, -0.05) is 18.2 Å². The molecule has 1 unspecified atom stereocenters. The molecule has 55 heavy (non-hydrogen) atoms. The highest BCUT2D eigenvalue weighted by Gasteiger charge is 2.41. The Kier molecular flexibility index (Phi) is 10.5. The second-order valence-electron chi connectivity index (χ2n) is 14.9. The molecule has 2 N–H and O–H groups in total. The number of rotatable bonds is 15. The zero-order valence-corrected chi connectivity index (χ0v) is 31.1. The molecule has 1 atom stereocenters. The molecule has 0 spiro atoms. The first kappa shape index (κ1) is 36.6. The van der Waals surface area contributed by atoms with Crippen molar-refractivity contribution < 1.29 is 33.4 Å². The van der Waals surface area contributed by atoms with Crippen molar-refractivity contribution in [1.82, 2.24) is 35.3 Å². The molecular weight excluding hydrogens is 704 g/mol. The van der Waals surface area contributed by atoms with Crippen LogP contribution in [0.25, 0.3) is 22.3 Å². The number of anilines is 1. The minimum Gasteiger partial charge on any atom is -0.488 e. The Hall–Kier alpha value is -5.41.